The van der Waals surface area contributed by atoms with Crippen molar-refractivity contribution in [1.82, 2.24) is 5.32 Å². The highest BCUT2D eigenvalue weighted by Crippen LogP contribution is 2.43. The van der Waals surface area contributed by atoms with E-state index < -0.39 is 20.0 Å². The van der Waals surface area contributed by atoms with Gasteiger partial charge in [-0.1, -0.05) is 51.0 Å². The molecule has 0 aromatic carbocycles. The lowest BCUT2D eigenvalue weighted by Gasteiger charge is -2.25. The zero-order valence-electron chi connectivity index (χ0n) is 20.0. The molecule has 3 N–H and O–H groups in total. The third-order valence-electron chi connectivity index (χ3n) is 4.49. The highest BCUT2D eigenvalue weighted by molar-refractivity contribution is 7.47. The van der Waals surface area contributed by atoms with Gasteiger partial charge in [-0.05, 0) is 25.7 Å². The zero-order valence-corrected chi connectivity index (χ0v) is 20.9. The molecule has 8 nitrogen and oxygen atoms in total. The van der Waals surface area contributed by atoms with Gasteiger partial charge in [-0.15, -0.1) is 0 Å². The molecule has 9 heteroatoms. The van der Waals surface area contributed by atoms with Gasteiger partial charge in [0.05, 0.1) is 39.9 Å². The van der Waals surface area contributed by atoms with Crippen molar-refractivity contribution in [2.24, 2.45) is 0 Å². The number of carbonyl (C=O) groups is 1. The molecule has 3 unspecified atom stereocenters. The molecule has 182 valence electrons. The van der Waals surface area contributed by atoms with Crippen LogP contribution in [0.25, 0.3) is 0 Å². The Balaban J connectivity index is 4.58. The van der Waals surface area contributed by atoms with Crippen molar-refractivity contribution in [1.29, 1.82) is 0 Å². The standard InChI is InChI=1S/C22H43N2O6P/c1-6-8-9-10-11-12-13-14-15-16-21(25)20(23-22(26)7-2)19-30-31(27,28)29-18-17-24(3,4)5/h11-12,15-16,20-21,25H,6-10,13-14,17-19H2,1-5H3,(H-,23,26,27,28)/p+1/b12-11+,16-15+. The van der Waals surface area contributed by atoms with E-state index in [4.69, 9.17) is 9.05 Å². The molecule has 0 rings (SSSR count). The highest BCUT2D eigenvalue weighted by Gasteiger charge is 2.27. The van der Waals surface area contributed by atoms with Crippen LogP contribution in [0.5, 0.6) is 0 Å². The number of rotatable bonds is 18. The summed E-state index contributed by atoms with van der Waals surface area (Å²) < 4.78 is 22.7. The van der Waals surface area contributed by atoms with E-state index in [0.29, 0.717) is 11.0 Å². The van der Waals surface area contributed by atoms with Crippen molar-refractivity contribution in [3.8, 4) is 0 Å². The molecule has 0 aliphatic heterocycles. The van der Waals surface area contributed by atoms with Crippen LogP contribution in [0.15, 0.2) is 24.3 Å². The molecule has 0 aliphatic rings. The first-order chi connectivity index (χ1) is 14.5. The average Bonchev–Trinajstić information content (AvgIpc) is 2.68. The summed E-state index contributed by atoms with van der Waals surface area (Å²) >= 11 is 0. The van der Waals surface area contributed by atoms with E-state index in [1.807, 2.05) is 27.2 Å². The summed E-state index contributed by atoms with van der Waals surface area (Å²) in [5.41, 5.74) is 0. The van der Waals surface area contributed by atoms with Crippen molar-refractivity contribution in [2.45, 2.75) is 70.9 Å². The van der Waals surface area contributed by atoms with Gasteiger partial charge in [0.2, 0.25) is 5.91 Å². The number of unbranched alkanes of at least 4 members (excludes halogenated alkanes) is 4. The van der Waals surface area contributed by atoms with Crippen molar-refractivity contribution >= 4 is 13.7 Å². The summed E-state index contributed by atoms with van der Waals surface area (Å²) in [4.78, 5) is 21.6. The van der Waals surface area contributed by atoms with Crippen LogP contribution in [-0.4, -0.2) is 73.4 Å². The van der Waals surface area contributed by atoms with Crippen molar-refractivity contribution < 1.29 is 32.9 Å². The Labute approximate surface area is 188 Å². The Kier molecular flexibility index (Phi) is 16.0. The van der Waals surface area contributed by atoms with E-state index in [9.17, 15) is 19.4 Å². The Morgan fingerprint density at radius 2 is 1.71 bits per heavy atom. The number of nitrogens with zero attached hydrogens (tertiary/aromatic N) is 1. The Bertz CT molecular complexity index is 589. The van der Waals surface area contributed by atoms with E-state index >= 15 is 0 Å². The predicted octanol–water partition coefficient (Wildman–Crippen LogP) is 3.55. The molecule has 31 heavy (non-hydrogen) atoms. The van der Waals surface area contributed by atoms with E-state index in [0.717, 1.165) is 19.3 Å². The number of hydrogen-bond donors (Lipinski definition) is 3. The number of hydrogen-bond acceptors (Lipinski definition) is 5. The number of quaternary nitrogens is 1. The molecule has 0 radical (unpaired) electrons. The lowest BCUT2D eigenvalue weighted by atomic mass is 10.1. The lowest BCUT2D eigenvalue weighted by molar-refractivity contribution is -0.870. The first-order valence-electron chi connectivity index (χ1n) is 11.2. The van der Waals surface area contributed by atoms with Crippen LogP contribution < -0.4 is 5.32 Å². The van der Waals surface area contributed by atoms with Gasteiger partial charge in [0.25, 0.3) is 0 Å². The smallest absolute Gasteiger partial charge is 0.387 e. The highest BCUT2D eigenvalue weighted by atomic mass is 31.2. The van der Waals surface area contributed by atoms with Gasteiger partial charge in [0.15, 0.2) is 0 Å². The molecule has 3 atom stereocenters. The summed E-state index contributed by atoms with van der Waals surface area (Å²) in [5.74, 6) is -0.283. The third-order valence-corrected chi connectivity index (χ3v) is 5.47. The molecule has 0 saturated heterocycles. The molecule has 0 saturated carbocycles. The number of phosphoric acid groups is 1. The summed E-state index contributed by atoms with van der Waals surface area (Å²) in [7, 11) is 1.53. The van der Waals surface area contributed by atoms with E-state index in [1.54, 1.807) is 13.0 Å². The zero-order chi connectivity index (χ0) is 23.8. The van der Waals surface area contributed by atoms with Crippen LogP contribution in [0.1, 0.15) is 58.8 Å². The first kappa shape index (κ1) is 30.0. The minimum atomic E-state index is -4.28. The van der Waals surface area contributed by atoms with E-state index in [-0.39, 0.29) is 25.5 Å². The number of phosphoric ester groups is 1. The number of allylic oxidation sites excluding steroid dienone is 3. The number of aliphatic hydroxyl groups is 1. The minimum Gasteiger partial charge on any atom is -0.387 e. The third kappa shape index (κ3) is 18.3. The van der Waals surface area contributed by atoms with Crippen LogP contribution in [0.2, 0.25) is 0 Å². The van der Waals surface area contributed by atoms with Gasteiger partial charge >= 0.3 is 7.82 Å². The summed E-state index contributed by atoms with van der Waals surface area (Å²) in [6, 6.07) is -0.851. The number of amides is 1. The SMILES string of the molecule is CCCCC/C=C/CC/C=C/C(O)C(COP(=O)(O)OCC[N+](C)(C)C)NC(=O)CC. The Morgan fingerprint density at radius 1 is 1.06 bits per heavy atom. The minimum absolute atomic E-state index is 0.0533. The fourth-order valence-electron chi connectivity index (χ4n) is 2.49. The predicted molar refractivity (Wildman–Crippen MR) is 125 cm³/mol. The molecular formula is C22H44N2O6P+. The maximum atomic E-state index is 12.1. The van der Waals surface area contributed by atoms with Gasteiger partial charge in [0, 0.05) is 6.42 Å². The molecule has 0 aromatic heterocycles. The molecule has 0 bridgehead atoms. The average molecular weight is 464 g/mol. The molecule has 0 spiro atoms. The van der Waals surface area contributed by atoms with Gasteiger partial charge in [-0.3, -0.25) is 13.8 Å². The summed E-state index contributed by atoms with van der Waals surface area (Å²) in [6.45, 7) is 4.11. The molecule has 0 fully saturated rings. The summed E-state index contributed by atoms with van der Waals surface area (Å²) in [5, 5.41) is 13.0. The topological polar surface area (TPSA) is 105 Å². The Hall–Kier alpha value is -1.02. The van der Waals surface area contributed by atoms with Gasteiger partial charge in [-0.25, -0.2) is 4.57 Å². The fourth-order valence-corrected chi connectivity index (χ4v) is 3.22. The number of carbonyl (C=O) groups excluding carboxylic acids is 1. The molecule has 1 amide bonds. The maximum Gasteiger partial charge on any atom is 0.472 e. The number of nitrogens with one attached hydrogen (secondary N) is 1. The number of aliphatic hydroxyl groups excluding tert-OH is 1. The Morgan fingerprint density at radius 3 is 2.32 bits per heavy atom. The second-order valence-corrected chi connectivity index (χ2v) is 10.1. The quantitative estimate of drug-likeness (QED) is 0.124. The van der Waals surface area contributed by atoms with Crippen LogP contribution in [0, 0.1) is 0 Å². The van der Waals surface area contributed by atoms with Gasteiger partial charge < -0.3 is 19.8 Å². The maximum absolute atomic E-state index is 12.1. The van der Waals surface area contributed by atoms with Crippen LogP contribution >= 0.6 is 7.82 Å². The van der Waals surface area contributed by atoms with Crippen molar-refractivity contribution in [2.75, 3.05) is 40.9 Å². The first-order valence-corrected chi connectivity index (χ1v) is 12.7. The lowest BCUT2D eigenvalue weighted by Crippen LogP contribution is -2.45. The van der Waals surface area contributed by atoms with E-state index in [1.165, 1.54) is 19.3 Å². The molecule has 0 heterocycles. The molecule has 0 aromatic rings. The van der Waals surface area contributed by atoms with E-state index in [2.05, 4.69) is 24.4 Å². The molecule has 0 aliphatic carbocycles. The van der Waals surface area contributed by atoms with Crippen LogP contribution in [0.4, 0.5) is 0 Å². The van der Waals surface area contributed by atoms with Crippen LogP contribution in [0.3, 0.4) is 0 Å². The van der Waals surface area contributed by atoms with Crippen molar-refractivity contribution in [3.05, 3.63) is 24.3 Å². The monoisotopic (exact) mass is 463 g/mol. The van der Waals surface area contributed by atoms with Gasteiger partial charge in [-0.2, -0.15) is 0 Å². The fraction of sp³-hybridized carbons (Fsp3) is 0.773. The normalized spacial score (nSPS) is 16.5. The van der Waals surface area contributed by atoms with Gasteiger partial charge in [0.1, 0.15) is 13.2 Å². The summed E-state index contributed by atoms with van der Waals surface area (Å²) in [6.07, 6.45) is 13.3. The van der Waals surface area contributed by atoms with Crippen molar-refractivity contribution in [3.63, 3.8) is 0 Å². The largest absolute Gasteiger partial charge is 0.472 e. The molecular weight excluding hydrogens is 419 g/mol. The second-order valence-electron chi connectivity index (χ2n) is 8.60. The second kappa shape index (κ2) is 16.6. The van der Waals surface area contributed by atoms with Crippen LogP contribution in [-0.2, 0) is 18.4 Å². The number of likely N-dealkylation sites (N-methyl/N-ethyl adjacent to an activating group) is 1.